The van der Waals surface area contributed by atoms with Crippen LogP contribution in [0.3, 0.4) is 0 Å². The number of furan rings is 1. The van der Waals surface area contributed by atoms with Crippen LogP contribution in [0.5, 0.6) is 0 Å². The van der Waals surface area contributed by atoms with Gasteiger partial charge in [0.1, 0.15) is 5.76 Å². The van der Waals surface area contributed by atoms with Gasteiger partial charge in [-0.25, -0.2) is 0 Å². The molecule has 0 aromatic carbocycles. The number of aryl methyl sites for hydroxylation is 2. The Labute approximate surface area is 91.3 Å². The fourth-order valence-corrected chi connectivity index (χ4v) is 1.62. The van der Waals surface area contributed by atoms with E-state index in [0.29, 0.717) is 5.22 Å². The number of nitrogens with zero attached hydrogens (tertiary/aromatic N) is 1. The molecule has 0 unspecified atom stereocenters. The maximum absolute atomic E-state index is 5.65. The van der Waals surface area contributed by atoms with Gasteiger partial charge in [-0.1, -0.05) is 0 Å². The summed E-state index contributed by atoms with van der Waals surface area (Å²) in [6, 6.07) is 3.62. The van der Waals surface area contributed by atoms with Crippen molar-refractivity contribution in [3.63, 3.8) is 0 Å². The van der Waals surface area contributed by atoms with Gasteiger partial charge < -0.3 is 14.0 Å². The Morgan fingerprint density at radius 2 is 2.36 bits per heavy atom. The maximum Gasteiger partial charge on any atom is 0.193 e. The van der Waals surface area contributed by atoms with Gasteiger partial charge in [0, 0.05) is 25.4 Å². The van der Waals surface area contributed by atoms with Crippen LogP contribution >= 0.6 is 23.8 Å². The van der Waals surface area contributed by atoms with Crippen LogP contribution < -0.4 is 0 Å². The van der Waals surface area contributed by atoms with Crippen LogP contribution in [0, 0.1) is 4.77 Å². The van der Waals surface area contributed by atoms with Gasteiger partial charge in [0.15, 0.2) is 9.99 Å². The number of rotatable bonds is 3. The van der Waals surface area contributed by atoms with Crippen LogP contribution in [0.1, 0.15) is 5.76 Å². The molecule has 0 saturated heterocycles. The molecule has 3 nitrogen and oxygen atoms in total. The summed E-state index contributed by atoms with van der Waals surface area (Å²) >= 11 is 10.7. The van der Waals surface area contributed by atoms with E-state index in [1.807, 2.05) is 23.0 Å². The summed E-state index contributed by atoms with van der Waals surface area (Å²) in [6.07, 6.45) is 4.52. The van der Waals surface area contributed by atoms with E-state index < -0.39 is 0 Å². The van der Waals surface area contributed by atoms with Crippen LogP contribution in [-0.4, -0.2) is 9.55 Å². The van der Waals surface area contributed by atoms with Gasteiger partial charge in [-0.2, -0.15) is 0 Å². The predicted octanol–water partition coefficient (Wildman–Crippen LogP) is 3.03. The molecule has 0 aliphatic carbocycles. The first kappa shape index (κ1) is 9.55. The third-order valence-electron chi connectivity index (χ3n) is 1.95. The van der Waals surface area contributed by atoms with E-state index in [2.05, 4.69) is 4.98 Å². The second-order valence-corrected chi connectivity index (χ2v) is 3.67. The third kappa shape index (κ3) is 2.08. The van der Waals surface area contributed by atoms with E-state index in [1.165, 1.54) is 0 Å². The van der Waals surface area contributed by atoms with Gasteiger partial charge in [0.05, 0.1) is 0 Å². The van der Waals surface area contributed by atoms with Crippen LogP contribution in [0.25, 0.3) is 0 Å². The average molecular weight is 229 g/mol. The quantitative estimate of drug-likeness (QED) is 0.820. The molecule has 14 heavy (non-hydrogen) atoms. The first-order valence-electron chi connectivity index (χ1n) is 4.24. The van der Waals surface area contributed by atoms with Gasteiger partial charge in [0.25, 0.3) is 0 Å². The molecule has 5 heteroatoms. The summed E-state index contributed by atoms with van der Waals surface area (Å²) < 4.78 is 7.90. The zero-order valence-electron chi connectivity index (χ0n) is 7.37. The molecular weight excluding hydrogens is 220 g/mol. The molecule has 0 aliphatic heterocycles. The average Bonchev–Trinajstić information content (AvgIpc) is 2.72. The molecule has 0 saturated carbocycles. The van der Waals surface area contributed by atoms with Crippen molar-refractivity contribution >= 4 is 23.8 Å². The Balaban J connectivity index is 2.01. The van der Waals surface area contributed by atoms with E-state index in [4.69, 9.17) is 28.2 Å². The monoisotopic (exact) mass is 228 g/mol. The summed E-state index contributed by atoms with van der Waals surface area (Å²) in [6.45, 7) is 0.798. The zero-order chi connectivity index (χ0) is 9.97. The molecule has 1 N–H and O–H groups in total. The Bertz CT molecular complexity index is 471. The fourth-order valence-electron chi connectivity index (χ4n) is 1.24. The van der Waals surface area contributed by atoms with Crippen LogP contribution in [0.2, 0.25) is 5.22 Å². The highest BCUT2D eigenvalue weighted by atomic mass is 35.5. The summed E-state index contributed by atoms with van der Waals surface area (Å²) in [4.78, 5) is 2.93. The molecule has 0 atom stereocenters. The largest absolute Gasteiger partial charge is 0.450 e. The molecule has 2 aromatic rings. The molecule has 2 rings (SSSR count). The van der Waals surface area contributed by atoms with Crippen molar-refractivity contribution in [2.75, 3.05) is 0 Å². The predicted molar refractivity (Wildman–Crippen MR) is 57.0 cm³/mol. The second-order valence-electron chi connectivity index (χ2n) is 2.91. The first-order chi connectivity index (χ1) is 6.75. The summed E-state index contributed by atoms with van der Waals surface area (Å²) in [5.74, 6) is 0.873. The Morgan fingerprint density at radius 1 is 1.50 bits per heavy atom. The van der Waals surface area contributed by atoms with Gasteiger partial charge in [-0.3, -0.25) is 0 Å². The lowest BCUT2D eigenvalue weighted by molar-refractivity contribution is 0.492. The number of aromatic nitrogens is 2. The number of hydrogen-bond acceptors (Lipinski definition) is 2. The minimum atomic E-state index is 0.428. The number of hydrogen-bond donors (Lipinski definition) is 1. The second kappa shape index (κ2) is 4.02. The summed E-state index contributed by atoms with van der Waals surface area (Å²) in [5.41, 5.74) is 0. The minimum Gasteiger partial charge on any atom is -0.450 e. The van der Waals surface area contributed by atoms with Crippen molar-refractivity contribution < 1.29 is 4.42 Å². The Morgan fingerprint density at radius 3 is 2.93 bits per heavy atom. The van der Waals surface area contributed by atoms with Crippen molar-refractivity contribution in [1.29, 1.82) is 0 Å². The Hall–Kier alpha value is -1.00. The van der Waals surface area contributed by atoms with Gasteiger partial charge in [-0.05, 0) is 36.0 Å². The molecule has 0 bridgehead atoms. The van der Waals surface area contributed by atoms with Crippen LogP contribution in [0.4, 0.5) is 0 Å². The molecule has 2 aromatic heterocycles. The Kier molecular flexibility index (Phi) is 2.74. The highest BCUT2D eigenvalue weighted by Gasteiger charge is 2.00. The summed E-state index contributed by atoms with van der Waals surface area (Å²) in [5, 5.41) is 0.428. The molecule has 2 heterocycles. The van der Waals surface area contributed by atoms with Crippen LogP contribution in [0.15, 0.2) is 28.9 Å². The molecule has 0 amide bonds. The number of imidazole rings is 1. The highest BCUT2D eigenvalue weighted by molar-refractivity contribution is 7.71. The van der Waals surface area contributed by atoms with Gasteiger partial charge >= 0.3 is 0 Å². The standard InChI is InChI=1S/C9H9ClN2OS/c10-8-2-1-7(13-8)3-5-12-6-4-11-9(12)14/h1-2,4,6H,3,5H2,(H,11,14). The van der Waals surface area contributed by atoms with Gasteiger partial charge in [-0.15, -0.1) is 0 Å². The number of halogens is 1. The number of aromatic amines is 1. The SMILES string of the molecule is S=c1[nH]ccn1CCc1ccc(Cl)o1. The number of H-pyrrole nitrogens is 1. The zero-order valence-corrected chi connectivity index (χ0v) is 8.94. The van der Waals surface area contributed by atoms with E-state index in [1.54, 1.807) is 6.07 Å². The van der Waals surface area contributed by atoms with Crippen molar-refractivity contribution in [1.82, 2.24) is 9.55 Å². The van der Waals surface area contributed by atoms with Crippen molar-refractivity contribution in [2.45, 2.75) is 13.0 Å². The van der Waals surface area contributed by atoms with Crippen molar-refractivity contribution in [3.05, 3.63) is 40.3 Å². The fraction of sp³-hybridized carbons (Fsp3) is 0.222. The highest BCUT2D eigenvalue weighted by Crippen LogP contribution is 2.13. The molecule has 0 fully saturated rings. The van der Waals surface area contributed by atoms with E-state index in [9.17, 15) is 0 Å². The molecule has 0 aliphatic rings. The lowest BCUT2D eigenvalue weighted by Gasteiger charge is -1.98. The van der Waals surface area contributed by atoms with E-state index >= 15 is 0 Å². The topological polar surface area (TPSA) is 33.9 Å². The van der Waals surface area contributed by atoms with Crippen molar-refractivity contribution in [3.8, 4) is 0 Å². The first-order valence-corrected chi connectivity index (χ1v) is 5.02. The molecular formula is C9H9ClN2OS. The van der Waals surface area contributed by atoms with Crippen LogP contribution in [-0.2, 0) is 13.0 Å². The van der Waals surface area contributed by atoms with E-state index in [-0.39, 0.29) is 0 Å². The smallest absolute Gasteiger partial charge is 0.193 e. The molecule has 0 spiro atoms. The normalized spacial score (nSPS) is 10.6. The lowest BCUT2D eigenvalue weighted by atomic mass is 10.3. The third-order valence-corrected chi connectivity index (χ3v) is 2.51. The van der Waals surface area contributed by atoms with Crippen molar-refractivity contribution in [2.24, 2.45) is 0 Å². The molecule has 74 valence electrons. The molecule has 0 radical (unpaired) electrons. The lowest BCUT2D eigenvalue weighted by Crippen LogP contribution is -1.98. The summed E-state index contributed by atoms with van der Waals surface area (Å²) in [7, 11) is 0. The van der Waals surface area contributed by atoms with Gasteiger partial charge in [0.2, 0.25) is 0 Å². The van der Waals surface area contributed by atoms with E-state index in [0.717, 1.165) is 23.5 Å². The number of nitrogens with one attached hydrogen (secondary N) is 1. The maximum atomic E-state index is 5.65. The minimum absolute atomic E-state index is 0.428.